The summed E-state index contributed by atoms with van der Waals surface area (Å²) in [7, 11) is 0. The fourth-order valence-electron chi connectivity index (χ4n) is 2.25. The molecule has 0 radical (unpaired) electrons. The first-order valence-electron chi connectivity index (χ1n) is 7.78. The summed E-state index contributed by atoms with van der Waals surface area (Å²) in [4.78, 5) is 12.1. The maximum Gasteiger partial charge on any atom is 0.271 e. The SMILES string of the molecule is Cc1ccc(C)c(/C=N\NC(=O)c2ccc(C(C)(C)C)cc2)c1. The Morgan fingerprint density at radius 3 is 2.30 bits per heavy atom. The van der Waals surface area contributed by atoms with Crippen LogP contribution in [0.4, 0.5) is 0 Å². The first-order valence-corrected chi connectivity index (χ1v) is 7.78. The molecule has 0 unspecified atom stereocenters. The van der Waals surface area contributed by atoms with Gasteiger partial charge in [0, 0.05) is 5.56 Å². The van der Waals surface area contributed by atoms with E-state index < -0.39 is 0 Å². The molecule has 2 aromatic rings. The summed E-state index contributed by atoms with van der Waals surface area (Å²) < 4.78 is 0. The Morgan fingerprint density at radius 1 is 1.04 bits per heavy atom. The Labute approximate surface area is 138 Å². The number of hydrogen-bond acceptors (Lipinski definition) is 2. The summed E-state index contributed by atoms with van der Waals surface area (Å²) >= 11 is 0. The van der Waals surface area contributed by atoms with Gasteiger partial charge in [0.25, 0.3) is 5.91 Å². The Hall–Kier alpha value is -2.42. The maximum absolute atomic E-state index is 12.1. The molecule has 3 heteroatoms. The molecule has 0 atom stereocenters. The number of nitrogens with one attached hydrogen (secondary N) is 1. The zero-order chi connectivity index (χ0) is 17.0. The van der Waals surface area contributed by atoms with E-state index in [0.717, 1.165) is 11.1 Å². The first-order chi connectivity index (χ1) is 10.8. The Kier molecular flexibility index (Phi) is 4.99. The molecule has 1 N–H and O–H groups in total. The van der Waals surface area contributed by atoms with E-state index in [4.69, 9.17) is 0 Å². The van der Waals surface area contributed by atoms with Crippen LogP contribution in [0.25, 0.3) is 0 Å². The van der Waals surface area contributed by atoms with E-state index in [-0.39, 0.29) is 11.3 Å². The van der Waals surface area contributed by atoms with Crippen molar-refractivity contribution in [1.82, 2.24) is 5.43 Å². The quantitative estimate of drug-likeness (QED) is 0.664. The molecule has 0 fully saturated rings. The third kappa shape index (κ3) is 4.52. The zero-order valence-electron chi connectivity index (χ0n) is 14.5. The minimum absolute atomic E-state index is 0.0792. The molecule has 23 heavy (non-hydrogen) atoms. The molecule has 0 aliphatic carbocycles. The Bertz CT molecular complexity index is 722. The highest BCUT2D eigenvalue weighted by Gasteiger charge is 2.14. The van der Waals surface area contributed by atoms with Gasteiger partial charge in [0.1, 0.15) is 0 Å². The molecule has 3 nitrogen and oxygen atoms in total. The van der Waals surface area contributed by atoms with Gasteiger partial charge in [-0.1, -0.05) is 56.7 Å². The molecule has 0 aliphatic heterocycles. The second-order valence-corrected chi connectivity index (χ2v) is 6.89. The first kappa shape index (κ1) is 16.9. The van der Waals surface area contributed by atoms with Crippen molar-refractivity contribution in [2.45, 2.75) is 40.0 Å². The topological polar surface area (TPSA) is 41.5 Å². The lowest BCUT2D eigenvalue weighted by atomic mass is 9.87. The van der Waals surface area contributed by atoms with Crippen LogP contribution < -0.4 is 5.43 Å². The molecule has 2 rings (SSSR count). The molecule has 2 aromatic carbocycles. The molecule has 0 aliphatic rings. The van der Waals surface area contributed by atoms with Crippen LogP contribution in [0, 0.1) is 13.8 Å². The fraction of sp³-hybridized carbons (Fsp3) is 0.300. The molecule has 0 bridgehead atoms. The molecule has 0 saturated heterocycles. The minimum Gasteiger partial charge on any atom is -0.267 e. The average molecular weight is 308 g/mol. The number of carbonyl (C=O) groups is 1. The van der Waals surface area contributed by atoms with Crippen molar-refractivity contribution in [3.05, 3.63) is 70.3 Å². The maximum atomic E-state index is 12.1. The van der Waals surface area contributed by atoms with Gasteiger partial charge in [0.2, 0.25) is 0 Å². The Morgan fingerprint density at radius 2 is 1.70 bits per heavy atom. The molecule has 0 aromatic heterocycles. The standard InChI is InChI=1S/C20H24N2O/c1-14-6-7-15(2)17(12-14)13-21-22-19(23)16-8-10-18(11-9-16)20(3,4)5/h6-13H,1-5H3,(H,22,23)/b21-13-. The average Bonchev–Trinajstić information content (AvgIpc) is 2.50. The molecular formula is C20H24N2O. The summed E-state index contributed by atoms with van der Waals surface area (Å²) in [5.41, 5.74) is 7.77. The molecule has 0 spiro atoms. The van der Waals surface area contributed by atoms with Gasteiger partial charge < -0.3 is 0 Å². The van der Waals surface area contributed by atoms with Crippen molar-refractivity contribution in [3.8, 4) is 0 Å². The lowest BCUT2D eigenvalue weighted by Gasteiger charge is -2.18. The van der Waals surface area contributed by atoms with Crippen LogP contribution in [0.5, 0.6) is 0 Å². The van der Waals surface area contributed by atoms with Gasteiger partial charge in [0.15, 0.2) is 0 Å². The highest BCUT2D eigenvalue weighted by Crippen LogP contribution is 2.22. The van der Waals surface area contributed by atoms with E-state index in [1.54, 1.807) is 6.21 Å². The number of benzene rings is 2. The largest absolute Gasteiger partial charge is 0.271 e. The van der Waals surface area contributed by atoms with E-state index in [1.165, 1.54) is 11.1 Å². The number of carbonyl (C=O) groups excluding carboxylic acids is 1. The van der Waals surface area contributed by atoms with Crippen molar-refractivity contribution in [2.75, 3.05) is 0 Å². The van der Waals surface area contributed by atoms with Gasteiger partial charge in [-0.15, -0.1) is 0 Å². The second-order valence-electron chi connectivity index (χ2n) is 6.89. The summed E-state index contributed by atoms with van der Waals surface area (Å²) in [5.74, 6) is -0.202. The molecule has 0 heterocycles. The van der Waals surface area contributed by atoms with Crippen LogP contribution in [0.1, 0.15) is 53.4 Å². The van der Waals surface area contributed by atoms with E-state index in [2.05, 4.69) is 37.4 Å². The number of hydrogen-bond donors (Lipinski definition) is 1. The Balaban J connectivity index is 2.05. The van der Waals surface area contributed by atoms with Crippen LogP contribution in [0.3, 0.4) is 0 Å². The van der Waals surface area contributed by atoms with Crippen molar-refractivity contribution in [2.24, 2.45) is 5.10 Å². The highest BCUT2D eigenvalue weighted by molar-refractivity contribution is 5.95. The van der Waals surface area contributed by atoms with Gasteiger partial charge in [-0.25, -0.2) is 5.43 Å². The molecule has 0 saturated carbocycles. The number of hydrazone groups is 1. The van der Waals surface area contributed by atoms with Crippen LogP contribution in [-0.4, -0.2) is 12.1 Å². The van der Waals surface area contributed by atoms with Crippen molar-refractivity contribution < 1.29 is 4.79 Å². The molecule has 1 amide bonds. The van der Waals surface area contributed by atoms with Gasteiger partial charge in [-0.05, 0) is 48.1 Å². The summed E-state index contributed by atoms with van der Waals surface area (Å²) in [5, 5.41) is 4.07. The smallest absolute Gasteiger partial charge is 0.267 e. The second kappa shape index (κ2) is 6.78. The van der Waals surface area contributed by atoms with Crippen LogP contribution in [0.15, 0.2) is 47.6 Å². The van der Waals surface area contributed by atoms with E-state index >= 15 is 0 Å². The predicted molar refractivity (Wildman–Crippen MR) is 96.1 cm³/mol. The van der Waals surface area contributed by atoms with E-state index in [1.807, 2.05) is 50.2 Å². The van der Waals surface area contributed by atoms with Crippen molar-refractivity contribution >= 4 is 12.1 Å². The van der Waals surface area contributed by atoms with Crippen LogP contribution in [0.2, 0.25) is 0 Å². The fourth-order valence-corrected chi connectivity index (χ4v) is 2.25. The number of rotatable bonds is 3. The summed E-state index contributed by atoms with van der Waals surface area (Å²) in [6.07, 6.45) is 1.68. The zero-order valence-corrected chi connectivity index (χ0v) is 14.5. The number of nitrogens with zero attached hydrogens (tertiary/aromatic N) is 1. The van der Waals surface area contributed by atoms with Crippen molar-refractivity contribution in [1.29, 1.82) is 0 Å². The van der Waals surface area contributed by atoms with Crippen molar-refractivity contribution in [3.63, 3.8) is 0 Å². The van der Waals surface area contributed by atoms with Gasteiger partial charge in [-0.2, -0.15) is 5.10 Å². The molecule has 120 valence electrons. The third-order valence-corrected chi connectivity index (χ3v) is 3.82. The van der Waals surface area contributed by atoms with Crippen LogP contribution >= 0.6 is 0 Å². The predicted octanol–water partition coefficient (Wildman–Crippen LogP) is 4.36. The van der Waals surface area contributed by atoms with Crippen LogP contribution in [-0.2, 0) is 5.41 Å². The summed E-state index contributed by atoms with van der Waals surface area (Å²) in [6, 6.07) is 13.8. The summed E-state index contributed by atoms with van der Waals surface area (Å²) in [6.45, 7) is 10.5. The third-order valence-electron chi connectivity index (χ3n) is 3.82. The minimum atomic E-state index is -0.202. The van der Waals surface area contributed by atoms with E-state index in [0.29, 0.717) is 5.56 Å². The highest BCUT2D eigenvalue weighted by atomic mass is 16.2. The van der Waals surface area contributed by atoms with Gasteiger partial charge in [-0.3, -0.25) is 4.79 Å². The number of aryl methyl sites for hydroxylation is 2. The van der Waals surface area contributed by atoms with Gasteiger partial charge >= 0.3 is 0 Å². The van der Waals surface area contributed by atoms with E-state index in [9.17, 15) is 4.79 Å². The monoisotopic (exact) mass is 308 g/mol. The number of amides is 1. The normalized spacial score (nSPS) is 11.7. The van der Waals surface area contributed by atoms with Gasteiger partial charge in [0.05, 0.1) is 6.21 Å². The lowest BCUT2D eigenvalue weighted by Crippen LogP contribution is -2.18. The lowest BCUT2D eigenvalue weighted by molar-refractivity contribution is 0.0955. The molecular weight excluding hydrogens is 284 g/mol.